The van der Waals surface area contributed by atoms with Crippen molar-refractivity contribution in [3.8, 4) is 5.06 Å². The molecule has 0 fully saturated rings. The third kappa shape index (κ3) is 1.93. The molecule has 0 aliphatic rings. The van der Waals surface area contributed by atoms with Gasteiger partial charge in [-0.3, -0.25) is 0 Å². The van der Waals surface area contributed by atoms with E-state index in [1.165, 1.54) is 0 Å². The van der Waals surface area contributed by atoms with E-state index in [1.807, 2.05) is 6.20 Å². The van der Waals surface area contributed by atoms with E-state index in [0.717, 1.165) is 5.06 Å². The second-order valence-corrected chi connectivity index (χ2v) is 4.30. The molecule has 0 N–H and O–H groups in total. The minimum absolute atomic E-state index is 0.160. The molecule has 0 atom stereocenters. The van der Waals surface area contributed by atoms with Gasteiger partial charge in [0.1, 0.15) is 0 Å². The zero-order valence-corrected chi connectivity index (χ0v) is 8.23. The highest BCUT2D eigenvalue weighted by Gasteiger charge is 2.23. The maximum atomic E-state index is 5.09. The summed E-state index contributed by atoms with van der Waals surface area (Å²) in [5.41, 5.74) is 2.23. The zero-order chi connectivity index (χ0) is 8.48. The fraction of sp³-hybridized carbons (Fsp3) is 0.625. The van der Waals surface area contributed by atoms with Crippen molar-refractivity contribution < 1.29 is 9.30 Å². The van der Waals surface area contributed by atoms with Crippen molar-refractivity contribution >= 4 is 11.3 Å². The Hall–Kier alpha value is -0.570. The quantitative estimate of drug-likeness (QED) is 0.589. The second-order valence-electron chi connectivity index (χ2n) is 3.45. The molecular formula is C8H14NOS+. The first-order valence-electron chi connectivity index (χ1n) is 3.58. The van der Waals surface area contributed by atoms with Crippen LogP contribution in [0.2, 0.25) is 0 Å². The van der Waals surface area contributed by atoms with Gasteiger partial charge in [0, 0.05) is 20.8 Å². The first-order chi connectivity index (χ1) is 5.04. The molecule has 0 aliphatic carbocycles. The monoisotopic (exact) mass is 172 g/mol. The van der Waals surface area contributed by atoms with Crippen molar-refractivity contribution in [1.29, 1.82) is 0 Å². The molecule has 11 heavy (non-hydrogen) atoms. The number of rotatable bonds is 1. The zero-order valence-electron chi connectivity index (χ0n) is 7.42. The minimum Gasteiger partial charge on any atom is -0.483 e. The number of hydrogen-bond donors (Lipinski definition) is 0. The summed E-state index contributed by atoms with van der Waals surface area (Å²) >= 11 is 1.62. The molecule has 0 aromatic carbocycles. The Morgan fingerprint density at radius 3 is 2.36 bits per heavy atom. The lowest BCUT2D eigenvalue weighted by atomic mass is 10.1. The van der Waals surface area contributed by atoms with Crippen LogP contribution in [0.5, 0.6) is 5.06 Å². The molecule has 0 bridgehead atoms. The van der Waals surface area contributed by atoms with Crippen LogP contribution in [0.1, 0.15) is 20.8 Å². The SMILES string of the molecule is COc1c[n+](C(C)(C)C)cs1. The molecule has 1 aromatic rings. The molecule has 62 valence electrons. The summed E-state index contributed by atoms with van der Waals surface area (Å²) in [4.78, 5) is 0. The summed E-state index contributed by atoms with van der Waals surface area (Å²) in [7, 11) is 1.69. The van der Waals surface area contributed by atoms with Crippen LogP contribution >= 0.6 is 11.3 Å². The maximum Gasteiger partial charge on any atom is 0.244 e. The summed E-state index contributed by atoms with van der Waals surface area (Å²) in [6.45, 7) is 6.50. The standard InChI is InChI=1S/C8H14NOS/c1-8(2,3)9-5-7(10-4)11-6-9/h5-6H,1-4H3/q+1. The van der Waals surface area contributed by atoms with Crippen LogP contribution in [-0.4, -0.2) is 7.11 Å². The summed E-state index contributed by atoms with van der Waals surface area (Å²) in [6, 6.07) is 0. The van der Waals surface area contributed by atoms with E-state index in [1.54, 1.807) is 18.4 Å². The molecule has 1 heterocycles. The molecule has 0 saturated carbocycles. The molecule has 0 radical (unpaired) electrons. The topological polar surface area (TPSA) is 13.1 Å². The van der Waals surface area contributed by atoms with Gasteiger partial charge in [-0.1, -0.05) is 0 Å². The third-order valence-electron chi connectivity index (χ3n) is 1.50. The van der Waals surface area contributed by atoms with Crippen LogP contribution in [0.3, 0.4) is 0 Å². The minimum atomic E-state index is 0.160. The van der Waals surface area contributed by atoms with Gasteiger partial charge < -0.3 is 4.74 Å². The summed E-state index contributed by atoms with van der Waals surface area (Å²) in [6.07, 6.45) is 2.02. The lowest BCUT2D eigenvalue weighted by molar-refractivity contribution is -0.750. The van der Waals surface area contributed by atoms with Gasteiger partial charge >= 0.3 is 0 Å². The summed E-state index contributed by atoms with van der Waals surface area (Å²) < 4.78 is 7.24. The molecule has 0 unspecified atom stereocenters. The van der Waals surface area contributed by atoms with Gasteiger partial charge in [0.2, 0.25) is 16.8 Å². The highest BCUT2D eigenvalue weighted by Crippen LogP contribution is 2.16. The van der Waals surface area contributed by atoms with E-state index in [9.17, 15) is 0 Å². The van der Waals surface area contributed by atoms with Crippen molar-refractivity contribution in [3.63, 3.8) is 0 Å². The summed E-state index contributed by atoms with van der Waals surface area (Å²) in [5.74, 6) is 0. The van der Waals surface area contributed by atoms with Gasteiger partial charge in [0.25, 0.3) is 0 Å². The Kier molecular flexibility index (Phi) is 2.18. The maximum absolute atomic E-state index is 5.09. The lowest BCUT2D eigenvalue weighted by Gasteiger charge is -2.08. The first-order valence-corrected chi connectivity index (χ1v) is 4.46. The predicted molar refractivity (Wildman–Crippen MR) is 46.1 cm³/mol. The fourth-order valence-corrected chi connectivity index (χ4v) is 1.60. The smallest absolute Gasteiger partial charge is 0.244 e. The van der Waals surface area contributed by atoms with Crippen LogP contribution in [0.25, 0.3) is 0 Å². The number of thiazole rings is 1. The molecule has 1 rings (SSSR count). The lowest BCUT2D eigenvalue weighted by Crippen LogP contribution is -2.47. The number of hydrogen-bond acceptors (Lipinski definition) is 2. The van der Waals surface area contributed by atoms with Crippen LogP contribution < -0.4 is 9.30 Å². The normalized spacial score (nSPS) is 11.6. The Balaban J connectivity index is 2.89. The Bertz CT molecular complexity index is 236. The Morgan fingerprint density at radius 2 is 2.09 bits per heavy atom. The molecule has 0 aliphatic heterocycles. The van der Waals surface area contributed by atoms with E-state index in [4.69, 9.17) is 4.74 Å². The van der Waals surface area contributed by atoms with Gasteiger partial charge in [-0.05, 0) is 11.3 Å². The number of aromatic nitrogens is 1. The second kappa shape index (κ2) is 2.81. The average molecular weight is 172 g/mol. The Morgan fingerprint density at radius 1 is 1.45 bits per heavy atom. The van der Waals surface area contributed by atoms with Gasteiger partial charge in [-0.2, -0.15) is 4.57 Å². The number of nitrogens with zero attached hydrogens (tertiary/aromatic N) is 1. The van der Waals surface area contributed by atoms with Crippen molar-refractivity contribution in [2.45, 2.75) is 26.3 Å². The van der Waals surface area contributed by atoms with Crippen molar-refractivity contribution in [1.82, 2.24) is 0 Å². The number of ether oxygens (including phenoxy) is 1. The van der Waals surface area contributed by atoms with E-state index >= 15 is 0 Å². The largest absolute Gasteiger partial charge is 0.483 e. The van der Waals surface area contributed by atoms with Gasteiger partial charge in [-0.15, -0.1) is 0 Å². The highest BCUT2D eigenvalue weighted by atomic mass is 32.1. The first kappa shape index (κ1) is 8.53. The molecule has 2 nitrogen and oxygen atoms in total. The van der Waals surface area contributed by atoms with Crippen LogP contribution in [0, 0.1) is 0 Å². The van der Waals surface area contributed by atoms with Gasteiger partial charge in [0.05, 0.1) is 7.11 Å². The van der Waals surface area contributed by atoms with Crippen LogP contribution in [0.15, 0.2) is 11.7 Å². The molecule has 0 amide bonds. The average Bonchev–Trinajstić information content (AvgIpc) is 2.32. The van der Waals surface area contributed by atoms with E-state index < -0.39 is 0 Å². The van der Waals surface area contributed by atoms with Gasteiger partial charge in [-0.25, -0.2) is 0 Å². The van der Waals surface area contributed by atoms with Crippen molar-refractivity contribution in [2.75, 3.05) is 7.11 Å². The van der Waals surface area contributed by atoms with E-state index in [2.05, 4.69) is 30.8 Å². The predicted octanol–water partition coefficient (Wildman–Crippen LogP) is 1.80. The molecule has 0 saturated heterocycles. The third-order valence-corrected chi connectivity index (χ3v) is 2.34. The van der Waals surface area contributed by atoms with Crippen molar-refractivity contribution in [3.05, 3.63) is 11.7 Å². The Labute approximate surface area is 71.4 Å². The van der Waals surface area contributed by atoms with Gasteiger partial charge in [0.15, 0.2) is 5.54 Å². The van der Waals surface area contributed by atoms with Crippen molar-refractivity contribution in [2.24, 2.45) is 0 Å². The summed E-state index contributed by atoms with van der Waals surface area (Å²) in [5, 5.41) is 0.958. The van der Waals surface area contributed by atoms with E-state index in [0.29, 0.717) is 0 Å². The fourth-order valence-electron chi connectivity index (χ4n) is 0.736. The van der Waals surface area contributed by atoms with Crippen LogP contribution in [0.4, 0.5) is 0 Å². The molecule has 3 heteroatoms. The number of methoxy groups -OCH3 is 1. The van der Waals surface area contributed by atoms with E-state index in [-0.39, 0.29) is 5.54 Å². The molecule has 0 spiro atoms. The molecular weight excluding hydrogens is 158 g/mol. The molecule has 1 aromatic heterocycles. The highest BCUT2D eigenvalue weighted by molar-refractivity contribution is 7.11. The van der Waals surface area contributed by atoms with Crippen LogP contribution in [-0.2, 0) is 5.54 Å².